The lowest BCUT2D eigenvalue weighted by Crippen LogP contribution is -2.20. The first kappa shape index (κ1) is 13.3. The molecule has 1 N–H and O–H groups in total. The van der Waals surface area contributed by atoms with Crippen LogP contribution in [-0.4, -0.2) is 19.7 Å². The van der Waals surface area contributed by atoms with Gasteiger partial charge in [0.15, 0.2) is 0 Å². The van der Waals surface area contributed by atoms with Gasteiger partial charge in [0.05, 0.1) is 6.26 Å². The summed E-state index contributed by atoms with van der Waals surface area (Å²) in [5.74, 6) is 1.63. The number of unbranched alkanes of at least 4 members (excludes halogenated alkanes) is 1. The maximum atomic E-state index is 5.48. The first-order chi connectivity index (χ1) is 7.79. The molecule has 0 aliphatic heterocycles. The molecule has 0 aliphatic carbocycles. The lowest BCUT2D eigenvalue weighted by Gasteiger charge is -2.07. The molecule has 1 aromatic heterocycles. The molecule has 0 radical (unpaired) electrons. The van der Waals surface area contributed by atoms with E-state index in [4.69, 9.17) is 9.15 Å². The van der Waals surface area contributed by atoms with Gasteiger partial charge < -0.3 is 14.5 Å². The van der Waals surface area contributed by atoms with Crippen LogP contribution in [0.25, 0.3) is 0 Å². The molecule has 0 atom stereocenters. The predicted octanol–water partition coefficient (Wildman–Crippen LogP) is 2.82. The van der Waals surface area contributed by atoms with Crippen LogP contribution in [0.4, 0.5) is 0 Å². The molecular weight excluding hydrogens is 202 g/mol. The first-order valence-corrected chi connectivity index (χ1v) is 6.10. The molecule has 0 fully saturated rings. The van der Waals surface area contributed by atoms with Gasteiger partial charge in [-0.15, -0.1) is 0 Å². The summed E-state index contributed by atoms with van der Waals surface area (Å²) < 4.78 is 10.7. The molecule has 0 unspecified atom stereocenters. The van der Waals surface area contributed by atoms with E-state index in [9.17, 15) is 0 Å². The summed E-state index contributed by atoms with van der Waals surface area (Å²) in [6.07, 6.45) is 3.95. The second kappa shape index (κ2) is 8.36. The molecule has 0 amide bonds. The van der Waals surface area contributed by atoms with E-state index in [0.717, 1.165) is 37.8 Å². The molecule has 16 heavy (non-hydrogen) atoms. The van der Waals surface area contributed by atoms with Gasteiger partial charge in [0.1, 0.15) is 12.4 Å². The summed E-state index contributed by atoms with van der Waals surface area (Å²) in [5, 5.41) is 3.42. The quantitative estimate of drug-likeness (QED) is 0.656. The Morgan fingerprint density at radius 3 is 2.94 bits per heavy atom. The van der Waals surface area contributed by atoms with Crippen LogP contribution in [0, 0.1) is 5.92 Å². The summed E-state index contributed by atoms with van der Waals surface area (Å²) >= 11 is 0. The number of nitrogens with one attached hydrogen (secondary N) is 1. The Morgan fingerprint density at radius 1 is 1.38 bits per heavy atom. The Labute approximate surface area is 98.2 Å². The lowest BCUT2D eigenvalue weighted by atomic mass is 10.2. The van der Waals surface area contributed by atoms with Gasteiger partial charge in [-0.3, -0.25) is 0 Å². The minimum Gasteiger partial charge on any atom is -0.467 e. The van der Waals surface area contributed by atoms with Crippen molar-refractivity contribution < 1.29 is 9.15 Å². The molecule has 0 saturated carbocycles. The minimum atomic E-state index is 0.590. The molecule has 0 aliphatic rings. The fourth-order valence-electron chi connectivity index (χ4n) is 1.41. The van der Waals surface area contributed by atoms with Crippen molar-refractivity contribution in [1.82, 2.24) is 5.32 Å². The van der Waals surface area contributed by atoms with Crippen LogP contribution in [0.1, 0.15) is 32.4 Å². The van der Waals surface area contributed by atoms with Crippen LogP contribution in [0.15, 0.2) is 22.8 Å². The largest absolute Gasteiger partial charge is 0.467 e. The summed E-state index contributed by atoms with van der Waals surface area (Å²) in [7, 11) is 0. The van der Waals surface area contributed by atoms with Crippen molar-refractivity contribution in [3.63, 3.8) is 0 Å². The monoisotopic (exact) mass is 225 g/mol. The summed E-state index contributed by atoms with van der Waals surface area (Å²) in [6.45, 7) is 8.03. The topological polar surface area (TPSA) is 34.4 Å². The second-order valence-corrected chi connectivity index (χ2v) is 4.44. The highest BCUT2D eigenvalue weighted by Gasteiger charge is 1.96. The molecule has 1 heterocycles. The molecular formula is C13H23NO2. The molecule has 92 valence electrons. The predicted molar refractivity (Wildman–Crippen MR) is 65.3 cm³/mol. The summed E-state index contributed by atoms with van der Waals surface area (Å²) in [6, 6.07) is 3.82. The van der Waals surface area contributed by atoms with Crippen molar-refractivity contribution in [3.8, 4) is 0 Å². The average Bonchev–Trinajstić information content (AvgIpc) is 2.74. The molecule has 1 rings (SSSR count). The van der Waals surface area contributed by atoms with E-state index in [1.165, 1.54) is 6.42 Å². The van der Waals surface area contributed by atoms with Crippen LogP contribution in [0.3, 0.4) is 0 Å². The minimum absolute atomic E-state index is 0.590. The SMILES string of the molecule is CC(C)CNCCCCOCc1ccco1. The van der Waals surface area contributed by atoms with Crippen LogP contribution >= 0.6 is 0 Å². The molecule has 3 nitrogen and oxygen atoms in total. The van der Waals surface area contributed by atoms with Gasteiger partial charge in [0, 0.05) is 6.61 Å². The Hall–Kier alpha value is -0.800. The second-order valence-electron chi connectivity index (χ2n) is 4.44. The molecule has 0 aromatic carbocycles. The van der Waals surface area contributed by atoms with E-state index in [0.29, 0.717) is 6.61 Å². The highest BCUT2D eigenvalue weighted by Crippen LogP contribution is 2.02. The van der Waals surface area contributed by atoms with Crippen LogP contribution < -0.4 is 5.32 Å². The molecule has 3 heteroatoms. The third kappa shape index (κ3) is 6.64. The standard InChI is InChI=1S/C13H23NO2/c1-12(2)10-14-7-3-4-8-15-11-13-6-5-9-16-13/h5-6,9,12,14H,3-4,7-8,10-11H2,1-2H3. The number of furan rings is 1. The summed E-state index contributed by atoms with van der Waals surface area (Å²) in [5.41, 5.74) is 0. The zero-order valence-corrected chi connectivity index (χ0v) is 10.4. The fourth-order valence-corrected chi connectivity index (χ4v) is 1.41. The number of ether oxygens (including phenoxy) is 1. The van der Waals surface area contributed by atoms with E-state index >= 15 is 0 Å². The van der Waals surface area contributed by atoms with Gasteiger partial charge in [0.25, 0.3) is 0 Å². The Balaban J connectivity index is 1.82. The molecule has 0 spiro atoms. The number of hydrogen-bond donors (Lipinski definition) is 1. The van der Waals surface area contributed by atoms with Crippen LogP contribution in [-0.2, 0) is 11.3 Å². The van der Waals surface area contributed by atoms with Gasteiger partial charge >= 0.3 is 0 Å². The van der Waals surface area contributed by atoms with E-state index in [2.05, 4.69) is 19.2 Å². The van der Waals surface area contributed by atoms with Crippen LogP contribution in [0.5, 0.6) is 0 Å². The number of rotatable bonds is 9. The van der Waals surface area contributed by atoms with Crippen molar-refractivity contribution in [3.05, 3.63) is 24.2 Å². The van der Waals surface area contributed by atoms with Gasteiger partial charge in [-0.25, -0.2) is 0 Å². The Bertz CT molecular complexity index is 244. The van der Waals surface area contributed by atoms with E-state index < -0.39 is 0 Å². The van der Waals surface area contributed by atoms with E-state index in [1.54, 1.807) is 6.26 Å². The van der Waals surface area contributed by atoms with Crippen molar-refractivity contribution in [2.24, 2.45) is 5.92 Å². The van der Waals surface area contributed by atoms with Crippen molar-refractivity contribution in [2.45, 2.75) is 33.3 Å². The summed E-state index contributed by atoms with van der Waals surface area (Å²) in [4.78, 5) is 0. The van der Waals surface area contributed by atoms with Gasteiger partial charge in [-0.05, 0) is 44.0 Å². The molecule has 0 bridgehead atoms. The maximum Gasteiger partial charge on any atom is 0.129 e. The fraction of sp³-hybridized carbons (Fsp3) is 0.692. The highest BCUT2D eigenvalue weighted by atomic mass is 16.5. The normalized spacial score (nSPS) is 11.2. The number of hydrogen-bond acceptors (Lipinski definition) is 3. The van der Waals surface area contributed by atoms with Gasteiger partial charge in [0.2, 0.25) is 0 Å². The van der Waals surface area contributed by atoms with Crippen LogP contribution in [0.2, 0.25) is 0 Å². The first-order valence-electron chi connectivity index (χ1n) is 6.10. The third-order valence-corrected chi connectivity index (χ3v) is 2.27. The van der Waals surface area contributed by atoms with Gasteiger partial charge in [-0.2, -0.15) is 0 Å². The third-order valence-electron chi connectivity index (χ3n) is 2.27. The van der Waals surface area contributed by atoms with Crippen molar-refractivity contribution in [1.29, 1.82) is 0 Å². The zero-order chi connectivity index (χ0) is 11.6. The maximum absolute atomic E-state index is 5.48. The lowest BCUT2D eigenvalue weighted by molar-refractivity contribution is 0.103. The molecule has 0 saturated heterocycles. The van der Waals surface area contributed by atoms with Crippen molar-refractivity contribution >= 4 is 0 Å². The van der Waals surface area contributed by atoms with Crippen molar-refractivity contribution in [2.75, 3.05) is 19.7 Å². The highest BCUT2D eigenvalue weighted by molar-refractivity contribution is 4.95. The van der Waals surface area contributed by atoms with E-state index in [1.807, 2.05) is 12.1 Å². The smallest absolute Gasteiger partial charge is 0.129 e. The van der Waals surface area contributed by atoms with E-state index in [-0.39, 0.29) is 0 Å². The van der Waals surface area contributed by atoms with Gasteiger partial charge in [-0.1, -0.05) is 13.8 Å². The average molecular weight is 225 g/mol. The molecule has 1 aromatic rings. The zero-order valence-electron chi connectivity index (χ0n) is 10.4. The Morgan fingerprint density at radius 2 is 2.25 bits per heavy atom. The Kier molecular flexibility index (Phi) is 6.93.